The molecular weight excluding hydrogens is 186 g/mol. The van der Waals surface area contributed by atoms with Crippen LogP contribution < -0.4 is 5.73 Å². The van der Waals surface area contributed by atoms with Crippen LogP contribution >= 0.6 is 0 Å². The van der Waals surface area contributed by atoms with Gasteiger partial charge in [-0.1, -0.05) is 0 Å². The van der Waals surface area contributed by atoms with Crippen LogP contribution in [0.1, 0.15) is 26.2 Å². The lowest BCUT2D eigenvalue weighted by Gasteiger charge is -2.35. The lowest BCUT2D eigenvalue weighted by molar-refractivity contribution is -0.0661. The van der Waals surface area contributed by atoms with Gasteiger partial charge in [0.2, 0.25) is 5.92 Å². The van der Waals surface area contributed by atoms with Gasteiger partial charge in [0.15, 0.2) is 0 Å². The summed E-state index contributed by atoms with van der Waals surface area (Å²) in [4.78, 5) is 2.11. The van der Waals surface area contributed by atoms with Crippen LogP contribution in [0, 0.1) is 5.92 Å². The van der Waals surface area contributed by atoms with Crippen molar-refractivity contribution in [2.24, 2.45) is 11.7 Å². The van der Waals surface area contributed by atoms with E-state index in [1.165, 1.54) is 0 Å². The predicted molar refractivity (Wildman–Crippen MR) is 53.5 cm³/mol. The Morgan fingerprint density at radius 1 is 1.50 bits per heavy atom. The molecule has 2 N–H and O–H groups in total. The molecule has 14 heavy (non-hydrogen) atoms. The Hall–Kier alpha value is -0.220. The lowest BCUT2D eigenvalue weighted by atomic mass is 9.92. The molecule has 1 atom stereocenters. The summed E-state index contributed by atoms with van der Waals surface area (Å²) in [6.07, 6.45) is 2.45. The van der Waals surface area contributed by atoms with Gasteiger partial charge < -0.3 is 10.6 Å². The molecule has 4 heteroatoms. The third-order valence-corrected chi connectivity index (χ3v) is 2.90. The van der Waals surface area contributed by atoms with Crippen molar-refractivity contribution in [3.8, 4) is 0 Å². The normalized spacial score (nSPS) is 25.3. The van der Waals surface area contributed by atoms with E-state index < -0.39 is 11.8 Å². The van der Waals surface area contributed by atoms with Gasteiger partial charge in [-0.15, -0.1) is 0 Å². The van der Waals surface area contributed by atoms with E-state index in [9.17, 15) is 8.78 Å². The van der Waals surface area contributed by atoms with Crippen LogP contribution in [0.25, 0.3) is 0 Å². The van der Waals surface area contributed by atoms with E-state index in [1.54, 1.807) is 0 Å². The first-order valence-corrected chi connectivity index (χ1v) is 5.34. The molecule has 0 unspecified atom stereocenters. The van der Waals surface area contributed by atoms with Gasteiger partial charge in [0.05, 0.1) is 0 Å². The molecule has 0 radical (unpaired) electrons. The Balaban J connectivity index is 2.36. The number of rotatable bonds is 4. The second kappa shape index (κ2) is 5.03. The highest BCUT2D eigenvalue weighted by Crippen LogP contribution is 2.31. The van der Waals surface area contributed by atoms with Crippen molar-refractivity contribution in [1.82, 2.24) is 4.90 Å². The number of hydrogen-bond acceptors (Lipinski definition) is 2. The van der Waals surface area contributed by atoms with Crippen LogP contribution in [-0.4, -0.2) is 37.0 Å². The van der Waals surface area contributed by atoms with Crippen molar-refractivity contribution >= 4 is 0 Å². The highest BCUT2D eigenvalue weighted by molar-refractivity contribution is 4.80. The summed E-state index contributed by atoms with van der Waals surface area (Å²) < 4.78 is 26.1. The van der Waals surface area contributed by atoms with Crippen LogP contribution in [0.4, 0.5) is 8.78 Å². The fraction of sp³-hybridized carbons (Fsp3) is 1.00. The summed E-state index contributed by atoms with van der Waals surface area (Å²) in [6.45, 7) is 4.02. The van der Waals surface area contributed by atoms with Gasteiger partial charge in [0.1, 0.15) is 0 Å². The second-order valence-corrected chi connectivity index (χ2v) is 4.24. The van der Waals surface area contributed by atoms with Crippen molar-refractivity contribution in [2.75, 3.05) is 26.2 Å². The van der Waals surface area contributed by atoms with Gasteiger partial charge >= 0.3 is 0 Å². The maximum absolute atomic E-state index is 13.1. The smallest absolute Gasteiger partial charge is 0.249 e. The average Bonchev–Trinajstić information content (AvgIpc) is 2.14. The van der Waals surface area contributed by atoms with Gasteiger partial charge in [-0.05, 0) is 45.8 Å². The van der Waals surface area contributed by atoms with Crippen molar-refractivity contribution in [3.63, 3.8) is 0 Å². The Bertz CT molecular complexity index is 168. The lowest BCUT2D eigenvalue weighted by Crippen LogP contribution is -2.42. The van der Waals surface area contributed by atoms with Crippen LogP contribution in [0.15, 0.2) is 0 Å². The van der Waals surface area contributed by atoms with Gasteiger partial charge in [-0.2, -0.15) is 0 Å². The van der Waals surface area contributed by atoms with Gasteiger partial charge in [0, 0.05) is 12.5 Å². The van der Waals surface area contributed by atoms with Crippen LogP contribution in [0.5, 0.6) is 0 Å². The quantitative estimate of drug-likeness (QED) is 0.758. The Kier molecular flexibility index (Phi) is 4.26. The number of nitrogens with two attached hydrogens (primary N) is 1. The van der Waals surface area contributed by atoms with Gasteiger partial charge in [-0.3, -0.25) is 0 Å². The van der Waals surface area contributed by atoms with Crippen LogP contribution in [-0.2, 0) is 0 Å². The zero-order chi connectivity index (χ0) is 10.6. The summed E-state index contributed by atoms with van der Waals surface area (Å²) in [5.74, 6) is -2.99. The second-order valence-electron chi connectivity index (χ2n) is 4.24. The monoisotopic (exact) mass is 206 g/mol. The highest BCUT2D eigenvalue weighted by atomic mass is 19.3. The maximum atomic E-state index is 13.1. The topological polar surface area (TPSA) is 29.3 Å². The van der Waals surface area contributed by atoms with Gasteiger partial charge in [0.25, 0.3) is 0 Å². The first-order valence-electron chi connectivity index (χ1n) is 5.34. The zero-order valence-electron chi connectivity index (χ0n) is 8.81. The van der Waals surface area contributed by atoms with E-state index in [0.717, 1.165) is 32.9 Å². The molecule has 0 aromatic carbocycles. The van der Waals surface area contributed by atoms with E-state index in [0.29, 0.717) is 19.5 Å². The molecule has 1 rings (SSSR count). The Labute approximate surface area is 84.4 Å². The molecular formula is C10H20F2N2. The molecule has 1 heterocycles. The number of hydrogen-bond donors (Lipinski definition) is 1. The SMILES string of the molecule is CC(F)(F)[C@@H]1CCCN(CCCN)C1. The third kappa shape index (κ3) is 3.50. The largest absolute Gasteiger partial charge is 0.330 e. The van der Waals surface area contributed by atoms with E-state index in [4.69, 9.17) is 5.73 Å². The third-order valence-electron chi connectivity index (χ3n) is 2.90. The fourth-order valence-electron chi connectivity index (χ4n) is 1.99. The number of alkyl halides is 2. The standard InChI is InChI=1S/C10H20F2N2/c1-10(11,12)9-4-2-6-14(8-9)7-3-5-13/h9H,2-8,13H2,1H3/t9-/m1/s1. The molecule has 1 aliphatic heterocycles. The van der Waals surface area contributed by atoms with E-state index in [2.05, 4.69) is 4.90 Å². The van der Waals surface area contributed by atoms with Gasteiger partial charge in [-0.25, -0.2) is 8.78 Å². The minimum absolute atomic E-state index is 0.464. The summed E-state index contributed by atoms with van der Waals surface area (Å²) in [6, 6.07) is 0. The summed E-state index contributed by atoms with van der Waals surface area (Å²) in [5.41, 5.74) is 5.39. The molecule has 0 aliphatic carbocycles. The Morgan fingerprint density at radius 3 is 2.79 bits per heavy atom. The highest BCUT2D eigenvalue weighted by Gasteiger charge is 2.36. The molecule has 0 bridgehead atoms. The summed E-state index contributed by atoms with van der Waals surface area (Å²) in [5, 5.41) is 0. The van der Waals surface area contributed by atoms with Crippen LogP contribution in [0.2, 0.25) is 0 Å². The van der Waals surface area contributed by atoms with Crippen LogP contribution in [0.3, 0.4) is 0 Å². The van der Waals surface area contributed by atoms with Crippen molar-refractivity contribution in [2.45, 2.75) is 32.1 Å². The molecule has 0 amide bonds. The fourth-order valence-corrected chi connectivity index (χ4v) is 1.99. The molecule has 84 valence electrons. The van der Waals surface area contributed by atoms with Crippen molar-refractivity contribution in [1.29, 1.82) is 0 Å². The van der Waals surface area contributed by atoms with E-state index >= 15 is 0 Å². The minimum atomic E-state index is -2.53. The molecule has 1 saturated heterocycles. The number of piperidine rings is 1. The number of nitrogens with zero attached hydrogens (tertiary/aromatic N) is 1. The summed E-state index contributed by atoms with van der Waals surface area (Å²) >= 11 is 0. The Morgan fingerprint density at radius 2 is 2.21 bits per heavy atom. The molecule has 0 saturated carbocycles. The van der Waals surface area contributed by atoms with Crippen molar-refractivity contribution in [3.05, 3.63) is 0 Å². The zero-order valence-corrected chi connectivity index (χ0v) is 8.81. The first kappa shape index (κ1) is 11.9. The average molecular weight is 206 g/mol. The molecule has 1 aliphatic rings. The van der Waals surface area contributed by atoms with Crippen molar-refractivity contribution < 1.29 is 8.78 Å². The number of halogens is 2. The number of likely N-dealkylation sites (tertiary alicyclic amines) is 1. The minimum Gasteiger partial charge on any atom is -0.330 e. The first-order chi connectivity index (χ1) is 6.54. The molecule has 0 aromatic heterocycles. The summed E-state index contributed by atoms with van der Waals surface area (Å²) in [7, 11) is 0. The maximum Gasteiger partial charge on any atom is 0.249 e. The predicted octanol–water partition coefficient (Wildman–Crippen LogP) is 1.70. The van der Waals surface area contributed by atoms with E-state index in [-0.39, 0.29) is 0 Å². The molecule has 2 nitrogen and oxygen atoms in total. The molecule has 1 fully saturated rings. The molecule has 0 spiro atoms. The van der Waals surface area contributed by atoms with E-state index in [1.807, 2.05) is 0 Å². The molecule has 0 aromatic rings.